The Kier molecular flexibility index (Phi) is 2.83. The fourth-order valence-electron chi connectivity index (χ4n) is 2.43. The number of benzene rings is 1. The van der Waals surface area contributed by atoms with Crippen LogP contribution in [-0.2, 0) is 4.79 Å². The Morgan fingerprint density at radius 2 is 2.12 bits per heavy atom. The van der Waals surface area contributed by atoms with Crippen LogP contribution in [-0.4, -0.2) is 40.7 Å². The predicted molar refractivity (Wildman–Crippen MR) is 59.5 cm³/mol. The van der Waals surface area contributed by atoms with Crippen LogP contribution in [0.3, 0.4) is 0 Å². The molecule has 0 saturated carbocycles. The summed E-state index contributed by atoms with van der Waals surface area (Å²) in [5.74, 6) is -0.758. The van der Waals surface area contributed by atoms with Gasteiger partial charge >= 0.3 is 5.97 Å². The van der Waals surface area contributed by atoms with Gasteiger partial charge in [0.1, 0.15) is 11.8 Å². The summed E-state index contributed by atoms with van der Waals surface area (Å²) in [5.41, 5.74) is 0.735. The first-order valence-corrected chi connectivity index (χ1v) is 5.32. The Bertz CT molecular complexity index is 405. The molecule has 0 bridgehead atoms. The van der Waals surface area contributed by atoms with Crippen molar-refractivity contribution in [2.24, 2.45) is 0 Å². The Hall–Kier alpha value is -1.55. The number of aliphatic carboxylic acids is 1. The van der Waals surface area contributed by atoms with Gasteiger partial charge < -0.3 is 10.2 Å². The number of likely N-dealkylation sites (N-methyl/N-ethyl adjacent to an activating group) is 1. The zero-order valence-corrected chi connectivity index (χ0v) is 9.13. The van der Waals surface area contributed by atoms with E-state index in [9.17, 15) is 15.0 Å². The Labute approximate surface area is 94.1 Å². The first-order valence-electron chi connectivity index (χ1n) is 5.32. The van der Waals surface area contributed by atoms with Crippen molar-refractivity contribution in [3.63, 3.8) is 0 Å². The molecule has 2 rings (SSSR count). The van der Waals surface area contributed by atoms with Gasteiger partial charge in [-0.05, 0) is 31.6 Å². The van der Waals surface area contributed by atoms with Gasteiger partial charge in [0.25, 0.3) is 0 Å². The van der Waals surface area contributed by atoms with Gasteiger partial charge in [-0.15, -0.1) is 0 Å². The molecule has 0 aromatic heterocycles. The average molecular weight is 221 g/mol. The average Bonchev–Trinajstić information content (AvgIpc) is 2.61. The number of rotatable bonds is 2. The van der Waals surface area contributed by atoms with E-state index in [1.54, 1.807) is 25.2 Å². The van der Waals surface area contributed by atoms with Crippen molar-refractivity contribution in [1.82, 2.24) is 4.90 Å². The molecule has 0 aliphatic carbocycles. The number of phenols is 1. The van der Waals surface area contributed by atoms with E-state index >= 15 is 0 Å². The van der Waals surface area contributed by atoms with E-state index in [0.717, 1.165) is 18.5 Å². The van der Waals surface area contributed by atoms with Crippen molar-refractivity contribution in [1.29, 1.82) is 0 Å². The maximum absolute atomic E-state index is 11.2. The maximum atomic E-state index is 11.2. The summed E-state index contributed by atoms with van der Waals surface area (Å²) in [6.45, 7) is 0.746. The van der Waals surface area contributed by atoms with Crippen LogP contribution in [0.2, 0.25) is 0 Å². The molecule has 4 nitrogen and oxygen atoms in total. The molecule has 2 atom stereocenters. The molecule has 0 spiro atoms. The smallest absolute Gasteiger partial charge is 0.321 e. The van der Waals surface area contributed by atoms with Gasteiger partial charge in [-0.25, -0.2) is 0 Å². The minimum atomic E-state index is -0.826. The third-order valence-corrected chi connectivity index (χ3v) is 3.24. The van der Waals surface area contributed by atoms with Crippen molar-refractivity contribution in [2.75, 3.05) is 13.6 Å². The summed E-state index contributed by atoms with van der Waals surface area (Å²) in [5, 5.41) is 18.9. The highest BCUT2D eigenvalue weighted by atomic mass is 16.4. The van der Waals surface area contributed by atoms with E-state index in [2.05, 4.69) is 0 Å². The van der Waals surface area contributed by atoms with E-state index in [1.807, 2.05) is 11.0 Å². The Morgan fingerprint density at radius 1 is 1.44 bits per heavy atom. The van der Waals surface area contributed by atoms with Crippen molar-refractivity contribution in [2.45, 2.75) is 18.4 Å². The zero-order chi connectivity index (χ0) is 11.7. The van der Waals surface area contributed by atoms with Gasteiger partial charge in [0.15, 0.2) is 0 Å². The van der Waals surface area contributed by atoms with Crippen LogP contribution in [0.4, 0.5) is 0 Å². The molecule has 4 heteroatoms. The Balaban J connectivity index is 2.34. The molecule has 16 heavy (non-hydrogen) atoms. The Morgan fingerprint density at radius 3 is 2.75 bits per heavy atom. The minimum absolute atomic E-state index is 0.122. The van der Waals surface area contributed by atoms with Gasteiger partial charge in [0.05, 0.1) is 0 Å². The molecule has 1 fully saturated rings. The molecule has 0 radical (unpaired) electrons. The molecular formula is C12H15NO3. The normalized spacial score (nSPS) is 25.8. The summed E-state index contributed by atoms with van der Waals surface area (Å²) in [7, 11) is 1.80. The molecule has 1 aromatic rings. The highest BCUT2D eigenvalue weighted by Crippen LogP contribution is 2.36. The van der Waals surface area contributed by atoms with Crippen LogP contribution in [0.25, 0.3) is 0 Å². The third-order valence-electron chi connectivity index (χ3n) is 3.24. The van der Waals surface area contributed by atoms with E-state index in [4.69, 9.17) is 0 Å². The summed E-state index contributed by atoms with van der Waals surface area (Å²) < 4.78 is 0. The molecule has 2 unspecified atom stereocenters. The number of aromatic hydroxyl groups is 1. The second-order valence-electron chi connectivity index (χ2n) is 4.22. The van der Waals surface area contributed by atoms with E-state index in [0.29, 0.717) is 0 Å². The lowest BCUT2D eigenvalue weighted by Gasteiger charge is -2.21. The first kappa shape index (κ1) is 11.0. The van der Waals surface area contributed by atoms with Gasteiger partial charge in [-0.1, -0.05) is 18.2 Å². The van der Waals surface area contributed by atoms with Crippen LogP contribution < -0.4 is 0 Å². The molecule has 1 heterocycles. The maximum Gasteiger partial charge on any atom is 0.321 e. The van der Waals surface area contributed by atoms with Crippen LogP contribution in [0.15, 0.2) is 24.3 Å². The number of likely N-dealkylation sites (tertiary alicyclic amines) is 1. The van der Waals surface area contributed by atoms with Gasteiger partial charge in [-0.3, -0.25) is 9.69 Å². The lowest BCUT2D eigenvalue weighted by molar-refractivity contribution is -0.142. The summed E-state index contributed by atoms with van der Waals surface area (Å²) in [4.78, 5) is 13.0. The molecule has 86 valence electrons. The molecular weight excluding hydrogens is 206 g/mol. The van der Waals surface area contributed by atoms with Gasteiger partial charge in [0, 0.05) is 5.92 Å². The fourth-order valence-corrected chi connectivity index (χ4v) is 2.43. The summed E-state index contributed by atoms with van der Waals surface area (Å²) in [6.07, 6.45) is 0.769. The van der Waals surface area contributed by atoms with Crippen LogP contribution in [0.1, 0.15) is 17.9 Å². The molecule has 0 amide bonds. The van der Waals surface area contributed by atoms with Crippen LogP contribution in [0.5, 0.6) is 5.75 Å². The predicted octanol–water partition coefficient (Wildman–Crippen LogP) is 1.26. The second-order valence-corrected chi connectivity index (χ2v) is 4.22. The fraction of sp³-hybridized carbons (Fsp3) is 0.417. The largest absolute Gasteiger partial charge is 0.508 e. The number of nitrogens with zero attached hydrogens (tertiary/aromatic N) is 1. The van der Waals surface area contributed by atoms with Crippen molar-refractivity contribution in [3.8, 4) is 5.75 Å². The molecule has 1 saturated heterocycles. The molecule has 2 N–H and O–H groups in total. The zero-order valence-electron chi connectivity index (χ0n) is 9.13. The number of hydrogen-bond donors (Lipinski definition) is 2. The van der Waals surface area contributed by atoms with Crippen LogP contribution >= 0.6 is 0 Å². The standard InChI is InChI=1S/C12H15NO3/c1-13-7-6-9(11(13)12(15)16)8-4-2-3-5-10(8)14/h2-5,9,11,14H,6-7H2,1H3,(H,15,16). The highest BCUT2D eigenvalue weighted by Gasteiger charge is 2.39. The number of hydrogen-bond acceptors (Lipinski definition) is 3. The van der Waals surface area contributed by atoms with Gasteiger partial charge in [-0.2, -0.15) is 0 Å². The quantitative estimate of drug-likeness (QED) is 0.789. The van der Waals surface area contributed by atoms with E-state index in [1.165, 1.54) is 0 Å². The van der Waals surface area contributed by atoms with Gasteiger partial charge in [0.2, 0.25) is 0 Å². The lowest BCUT2D eigenvalue weighted by atomic mass is 9.91. The monoisotopic (exact) mass is 221 g/mol. The number of carboxylic acids is 1. The number of para-hydroxylation sites is 1. The van der Waals surface area contributed by atoms with Crippen LogP contribution in [0, 0.1) is 0 Å². The number of phenolic OH excluding ortho intramolecular Hbond substituents is 1. The van der Waals surface area contributed by atoms with Crippen molar-refractivity contribution in [3.05, 3.63) is 29.8 Å². The van der Waals surface area contributed by atoms with E-state index in [-0.39, 0.29) is 11.7 Å². The number of carboxylic acid groups (broad SMARTS) is 1. The molecule has 1 aliphatic rings. The highest BCUT2D eigenvalue weighted by molar-refractivity contribution is 5.75. The molecule has 1 aromatic carbocycles. The third kappa shape index (κ3) is 1.76. The first-order chi connectivity index (χ1) is 7.61. The second kappa shape index (κ2) is 4.14. The summed E-state index contributed by atoms with van der Waals surface area (Å²) >= 11 is 0. The minimum Gasteiger partial charge on any atom is -0.508 e. The SMILES string of the molecule is CN1CCC(c2ccccc2O)C1C(=O)O. The van der Waals surface area contributed by atoms with Crippen molar-refractivity contribution >= 4 is 5.97 Å². The summed E-state index contributed by atoms with van der Waals surface area (Å²) in [6, 6.07) is 6.44. The number of carbonyl (C=O) groups is 1. The van der Waals surface area contributed by atoms with Crippen molar-refractivity contribution < 1.29 is 15.0 Å². The molecule has 1 aliphatic heterocycles. The van der Waals surface area contributed by atoms with E-state index < -0.39 is 12.0 Å². The lowest BCUT2D eigenvalue weighted by Crippen LogP contribution is -2.36. The topological polar surface area (TPSA) is 60.8 Å².